The minimum atomic E-state index is -0.295. The van der Waals surface area contributed by atoms with Gasteiger partial charge >= 0.3 is 0 Å². The molecule has 0 saturated carbocycles. The second-order valence-corrected chi connectivity index (χ2v) is 7.02. The van der Waals surface area contributed by atoms with E-state index in [4.69, 9.17) is 0 Å². The summed E-state index contributed by atoms with van der Waals surface area (Å²) in [7, 11) is 2.12. The number of likely N-dealkylation sites (N-methyl/N-ethyl adjacent to an activating group) is 1. The van der Waals surface area contributed by atoms with Gasteiger partial charge in [-0.05, 0) is 34.7 Å². The molecule has 7 heteroatoms. The highest BCUT2D eigenvalue weighted by atomic mass is 16.1. The number of fused-ring (bicyclic) bond motifs is 1. The summed E-state index contributed by atoms with van der Waals surface area (Å²) in [5.41, 5.74) is 0.987. The smallest absolute Gasteiger partial charge is 0.280 e. The van der Waals surface area contributed by atoms with Crippen molar-refractivity contribution in [3.05, 3.63) is 22.4 Å². The van der Waals surface area contributed by atoms with Crippen molar-refractivity contribution in [1.29, 1.82) is 0 Å². The number of piperazine rings is 1. The fraction of sp³-hybridized carbons (Fsp3) is 0.667. The van der Waals surface area contributed by atoms with Crippen molar-refractivity contribution in [2.24, 2.45) is 0 Å². The molecule has 0 bridgehead atoms. The molecule has 3 rings (SSSR count). The Morgan fingerprint density at radius 1 is 1.14 bits per heavy atom. The zero-order valence-electron chi connectivity index (χ0n) is 14.0. The van der Waals surface area contributed by atoms with E-state index in [0.717, 1.165) is 37.8 Å². The number of imidazole rings is 1. The van der Waals surface area contributed by atoms with Crippen LogP contribution in [-0.2, 0) is 5.54 Å². The molecule has 0 N–H and O–H groups in total. The molecule has 2 aromatic rings. The molecule has 0 atom stereocenters. The Morgan fingerprint density at radius 3 is 2.36 bits per heavy atom. The van der Waals surface area contributed by atoms with E-state index in [1.165, 1.54) is 0 Å². The SMILES string of the molecule is Cc1nc(N2CCN(C)CC2)n2ncn(C(C)(C)C)c(=O)c12. The lowest BCUT2D eigenvalue weighted by molar-refractivity contribution is 0.310. The van der Waals surface area contributed by atoms with E-state index in [9.17, 15) is 4.79 Å². The van der Waals surface area contributed by atoms with Crippen LogP contribution >= 0.6 is 0 Å². The third kappa shape index (κ3) is 2.39. The van der Waals surface area contributed by atoms with E-state index >= 15 is 0 Å². The Balaban J connectivity index is 2.12. The molecule has 1 aliphatic rings. The Hall–Kier alpha value is -1.89. The predicted molar refractivity (Wildman–Crippen MR) is 86.7 cm³/mol. The monoisotopic (exact) mass is 304 g/mol. The van der Waals surface area contributed by atoms with Gasteiger partial charge in [0.2, 0.25) is 5.95 Å². The quantitative estimate of drug-likeness (QED) is 0.776. The van der Waals surface area contributed by atoms with Crippen molar-refractivity contribution >= 4 is 11.5 Å². The minimum Gasteiger partial charge on any atom is -0.338 e. The van der Waals surface area contributed by atoms with Crippen LogP contribution < -0.4 is 10.5 Å². The van der Waals surface area contributed by atoms with E-state index in [0.29, 0.717) is 5.52 Å². The van der Waals surface area contributed by atoms with Crippen LogP contribution in [-0.4, -0.2) is 57.3 Å². The number of aryl methyl sites for hydroxylation is 1. The van der Waals surface area contributed by atoms with Gasteiger partial charge in [-0.1, -0.05) is 0 Å². The first-order chi connectivity index (χ1) is 10.3. The average Bonchev–Trinajstić information content (AvgIpc) is 2.77. The fourth-order valence-corrected chi connectivity index (χ4v) is 2.82. The maximum Gasteiger partial charge on any atom is 0.280 e. The van der Waals surface area contributed by atoms with E-state index in [1.54, 1.807) is 15.4 Å². The van der Waals surface area contributed by atoms with Gasteiger partial charge < -0.3 is 9.80 Å². The van der Waals surface area contributed by atoms with Crippen LogP contribution in [0.25, 0.3) is 5.52 Å². The van der Waals surface area contributed by atoms with Crippen molar-refractivity contribution in [2.75, 3.05) is 38.1 Å². The molecule has 0 aromatic carbocycles. The minimum absolute atomic E-state index is 0.0344. The molecule has 0 amide bonds. The topological polar surface area (TPSA) is 58.7 Å². The van der Waals surface area contributed by atoms with Gasteiger partial charge in [-0.2, -0.15) is 9.61 Å². The molecular formula is C15H24N6O. The van der Waals surface area contributed by atoms with Gasteiger partial charge in [0.1, 0.15) is 6.33 Å². The molecular weight excluding hydrogens is 280 g/mol. The first-order valence-corrected chi connectivity index (χ1v) is 7.70. The van der Waals surface area contributed by atoms with Gasteiger partial charge in [-0.3, -0.25) is 9.36 Å². The number of anilines is 1. The van der Waals surface area contributed by atoms with Crippen molar-refractivity contribution in [2.45, 2.75) is 33.2 Å². The van der Waals surface area contributed by atoms with Crippen LogP contribution in [0.3, 0.4) is 0 Å². The Morgan fingerprint density at radius 2 is 1.77 bits per heavy atom. The molecule has 3 heterocycles. The first-order valence-electron chi connectivity index (χ1n) is 7.70. The standard InChI is InChI=1S/C15H24N6O/c1-11-12-13(22)20(15(2,3)4)10-16-21(12)14(17-11)19-8-6-18(5)7-9-19/h10H,6-9H2,1-5H3. The highest BCUT2D eigenvalue weighted by molar-refractivity contribution is 5.56. The summed E-state index contributed by atoms with van der Waals surface area (Å²) in [6.45, 7) is 11.7. The second kappa shape index (κ2) is 5.08. The summed E-state index contributed by atoms with van der Waals surface area (Å²) >= 11 is 0. The van der Waals surface area contributed by atoms with Gasteiger partial charge in [0.05, 0.1) is 5.69 Å². The van der Waals surface area contributed by atoms with Crippen LogP contribution in [0.2, 0.25) is 0 Å². The lowest BCUT2D eigenvalue weighted by Gasteiger charge is -2.32. The third-order valence-corrected chi connectivity index (χ3v) is 4.22. The first kappa shape index (κ1) is 15.0. The predicted octanol–water partition coefficient (Wildman–Crippen LogP) is 0.706. The number of aromatic nitrogens is 4. The molecule has 0 unspecified atom stereocenters. The van der Waals surface area contributed by atoms with Crippen molar-refractivity contribution in [3.8, 4) is 0 Å². The molecule has 22 heavy (non-hydrogen) atoms. The lowest BCUT2D eigenvalue weighted by atomic mass is 10.1. The summed E-state index contributed by atoms with van der Waals surface area (Å²) in [6, 6.07) is 0. The Bertz CT molecular complexity index is 746. The zero-order chi connectivity index (χ0) is 16.1. The molecule has 2 aromatic heterocycles. The van der Waals surface area contributed by atoms with E-state index in [-0.39, 0.29) is 11.1 Å². The molecule has 1 saturated heterocycles. The average molecular weight is 304 g/mol. The highest BCUT2D eigenvalue weighted by Gasteiger charge is 2.24. The normalized spacial score (nSPS) is 17.4. The van der Waals surface area contributed by atoms with Crippen LogP contribution in [0.4, 0.5) is 5.95 Å². The molecule has 0 spiro atoms. The lowest BCUT2D eigenvalue weighted by Crippen LogP contribution is -2.45. The third-order valence-electron chi connectivity index (χ3n) is 4.22. The highest BCUT2D eigenvalue weighted by Crippen LogP contribution is 2.19. The second-order valence-electron chi connectivity index (χ2n) is 7.02. The maximum absolute atomic E-state index is 12.8. The number of hydrogen-bond acceptors (Lipinski definition) is 5. The number of rotatable bonds is 1. The van der Waals surface area contributed by atoms with Crippen LogP contribution in [0.5, 0.6) is 0 Å². The largest absolute Gasteiger partial charge is 0.338 e. The summed E-state index contributed by atoms with van der Waals surface area (Å²) in [4.78, 5) is 21.9. The van der Waals surface area contributed by atoms with Crippen LogP contribution in [0, 0.1) is 6.92 Å². The Kier molecular flexibility index (Phi) is 3.47. The van der Waals surface area contributed by atoms with E-state index in [2.05, 4.69) is 26.9 Å². The number of hydrogen-bond donors (Lipinski definition) is 0. The van der Waals surface area contributed by atoms with E-state index < -0.39 is 0 Å². The van der Waals surface area contributed by atoms with Crippen LogP contribution in [0.15, 0.2) is 11.1 Å². The van der Waals surface area contributed by atoms with Crippen molar-refractivity contribution in [3.63, 3.8) is 0 Å². The van der Waals surface area contributed by atoms with Gasteiger partial charge in [-0.15, -0.1) is 0 Å². The summed E-state index contributed by atoms with van der Waals surface area (Å²) in [6.07, 6.45) is 1.62. The molecule has 0 radical (unpaired) electrons. The maximum atomic E-state index is 12.8. The molecule has 1 fully saturated rings. The van der Waals surface area contributed by atoms with Gasteiger partial charge in [0.15, 0.2) is 5.52 Å². The van der Waals surface area contributed by atoms with Crippen molar-refractivity contribution < 1.29 is 0 Å². The van der Waals surface area contributed by atoms with E-state index in [1.807, 2.05) is 27.7 Å². The molecule has 7 nitrogen and oxygen atoms in total. The van der Waals surface area contributed by atoms with Crippen LogP contribution in [0.1, 0.15) is 26.5 Å². The molecule has 120 valence electrons. The molecule has 1 aliphatic heterocycles. The van der Waals surface area contributed by atoms with Gasteiger partial charge in [0.25, 0.3) is 5.56 Å². The van der Waals surface area contributed by atoms with Gasteiger partial charge in [0, 0.05) is 31.7 Å². The number of nitrogens with zero attached hydrogens (tertiary/aromatic N) is 6. The van der Waals surface area contributed by atoms with Crippen molar-refractivity contribution in [1.82, 2.24) is 24.1 Å². The van der Waals surface area contributed by atoms with Gasteiger partial charge in [-0.25, -0.2) is 4.98 Å². The summed E-state index contributed by atoms with van der Waals surface area (Å²) < 4.78 is 3.37. The summed E-state index contributed by atoms with van der Waals surface area (Å²) in [5, 5.41) is 4.49. The Labute approximate surface area is 130 Å². The molecule has 0 aliphatic carbocycles. The zero-order valence-corrected chi connectivity index (χ0v) is 14.0. The summed E-state index contributed by atoms with van der Waals surface area (Å²) in [5.74, 6) is 0.777. The fourth-order valence-electron chi connectivity index (χ4n) is 2.82.